The number of para-hydroxylation sites is 1. The van der Waals surface area contributed by atoms with Crippen LogP contribution in [0.4, 0.5) is 5.69 Å². The third kappa shape index (κ3) is 2.53. The maximum Gasteiger partial charge on any atom is 0.268 e. The van der Waals surface area contributed by atoms with Crippen molar-refractivity contribution in [1.82, 2.24) is 9.97 Å². The van der Waals surface area contributed by atoms with E-state index in [9.17, 15) is 4.79 Å². The summed E-state index contributed by atoms with van der Waals surface area (Å²) < 4.78 is 0.704. The number of hydrogen-bond acceptors (Lipinski definition) is 5. The summed E-state index contributed by atoms with van der Waals surface area (Å²) in [5.74, 6) is 1.86. The third-order valence-electron chi connectivity index (χ3n) is 3.74. The molecule has 0 radical (unpaired) electrons. The Balaban J connectivity index is 1.71. The zero-order valence-electron chi connectivity index (χ0n) is 11.9. The minimum Gasteiger partial charge on any atom is -0.363 e. The van der Waals surface area contributed by atoms with E-state index in [0.717, 1.165) is 30.1 Å². The lowest BCUT2D eigenvalue weighted by molar-refractivity contribution is 0.740. The molecular formula is C16H15N3OS2. The van der Waals surface area contributed by atoms with Crippen molar-refractivity contribution < 1.29 is 0 Å². The highest BCUT2D eigenvalue weighted by atomic mass is 32.2. The Morgan fingerprint density at radius 2 is 2.18 bits per heavy atom. The van der Waals surface area contributed by atoms with Crippen LogP contribution in [0.15, 0.2) is 45.4 Å². The minimum atomic E-state index is -0.0347. The molecule has 4 nitrogen and oxygen atoms in total. The predicted molar refractivity (Wildman–Crippen MR) is 93.1 cm³/mol. The van der Waals surface area contributed by atoms with Gasteiger partial charge in [-0.3, -0.25) is 4.79 Å². The van der Waals surface area contributed by atoms with Crippen molar-refractivity contribution in [3.8, 4) is 0 Å². The summed E-state index contributed by atoms with van der Waals surface area (Å²) in [7, 11) is 0. The summed E-state index contributed by atoms with van der Waals surface area (Å²) in [6, 6.07) is 10.4. The van der Waals surface area contributed by atoms with Crippen LogP contribution in [0.3, 0.4) is 0 Å². The molecule has 112 valence electrons. The molecule has 1 aliphatic heterocycles. The van der Waals surface area contributed by atoms with Crippen molar-refractivity contribution in [2.75, 3.05) is 17.2 Å². The summed E-state index contributed by atoms with van der Waals surface area (Å²) >= 11 is 3.34. The molecule has 3 heterocycles. The smallest absolute Gasteiger partial charge is 0.268 e. The zero-order valence-corrected chi connectivity index (χ0v) is 13.5. The van der Waals surface area contributed by atoms with Gasteiger partial charge in [-0.25, -0.2) is 4.98 Å². The van der Waals surface area contributed by atoms with Gasteiger partial charge in [0.25, 0.3) is 5.56 Å². The van der Waals surface area contributed by atoms with Gasteiger partial charge < -0.3 is 9.88 Å². The lowest BCUT2D eigenvalue weighted by Gasteiger charge is -2.23. The highest BCUT2D eigenvalue weighted by Gasteiger charge is 2.17. The lowest BCUT2D eigenvalue weighted by Crippen LogP contribution is -2.26. The fourth-order valence-electron chi connectivity index (χ4n) is 2.74. The number of aromatic nitrogens is 2. The predicted octanol–water partition coefficient (Wildman–Crippen LogP) is 3.49. The first kappa shape index (κ1) is 13.8. The van der Waals surface area contributed by atoms with Gasteiger partial charge in [-0.05, 0) is 35.8 Å². The highest BCUT2D eigenvalue weighted by Crippen LogP contribution is 2.34. The van der Waals surface area contributed by atoms with E-state index >= 15 is 0 Å². The number of fused-ring (bicyclic) bond motifs is 2. The number of hydrogen-bond donors (Lipinski definition) is 1. The second-order valence-corrected chi connectivity index (χ2v) is 7.29. The first-order chi connectivity index (χ1) is 10.8. The van der Waals surface area contributed by atoms with Crippen molar-refractivity contribution in [3.05, 3.63) is 51.9 Å². The van der Waals surface area contributed by atoms with E-state index in [-0.39, 0.29) is 5.56 Å². The van der Waals surface area contributed by atoms with Crippen molar-refractivity contribution in [3.63, 3.8) is 0 Å². The molecule has 0 saturated heterocycles. The molecule has 1 aliphatic rings. The lowest BCUT2D eigenvalue weighted by atomic mass is 10.2. The number of benzene rings is 1. The van der Waals surface area contributed by atoms with Gasteiger partial charge in [0, 0.05) is 11.4 Å². The van der Waals surface area contributed by atoms with Gasteiger partial charge in [0.1, 0.15) is 10.5 Å². The topological polar surface area (TPSA) is 49.0 Å². The van der Waals surface area contributed by atoms with Crippen LogP contribution in [0.2, 0.25) is 0 Å². The molecule has 0 amide bonds. The van der Waals surface area contributed by atoms with Gasteiger partial charge in [0.05, 0.1) is 17.7 Å². The van der Waals surface area contributed by atoms with E-state index in [0.29, 0.717) is 11.2 Å². The molecule has 0 saturated carbocycles. The number of anilines is 1. The van der Waals surface area contributed by atoms with Gasteiger partial charge in [0.15, 0.2) is 0 Å². The molecule has 0 unspecified atom stereocenters. The number of H-pyrrole nitrogens is 1. The quantitative estimate of drug-likeness (QED) is 0.782. The minimum absolute atomic E-state index is 0.0347. The summed E-state index contributed by atoms with van der Waals surface area (Å²) in [5.41, 5.74) is 1.99. The molecule has 1 aromatic carbocycles. The molecule has 0 bridgehead atoms. The fourth-order valence-corrected chi connectivity index (χ4v) is 4.48. The van der Waals surface area contributed by atoms with Crippen molar-refractivity contribution in [2.45, 2.75) is 17.9 Å². The Morgan fingerprint density at radius 1 is 1.27 bits per heavy atom. The monoisotopic (exact) mass is 329 g/mol. The molecule has 0 aliphatic carbocycles. The van der Waals surface area contributed by atoms with Gasteiger partial charge in [-0.1, -0.05) is 12.1 Å². The van der Waals surface area contributed by atoms with Crippen LogP contribution in [0.25, 0.3) is 10.2 Å². The first-order valence-corrected chi connectivity index (χ1v) is 9.11. The molecule has 6 heteroatoms. The second-order valence-electron chi connectivity index (χ2n) is 5.24. The summed E-state index contributed by atoms with van der Waals surface area (Å²) in [5, 5.41) is 1.91. The molecule has 0 fully saturated rings. The summed E-state index contributed by atoms with van der Waals surface area (Å²) in [6.45, 7) is 1.62. The number of thioether (sulfide) groups is 1. The second kappa shape index (κ2) is 5.78. The average molecular weight is 329 g/mol. The molecule has 22 heavy (non-hydrogen) atoms. The fraction of sp³-hybridized carbons (Fsp3) is 0.250. The zero-order chi connectivity index (χ0) is 14.9. The molecule has 2 aromatic heterocycles. The molecule has 0 spiro atoms. The van der Waals surface area contributed by atoms with E-state index in [1.54, 1.807) is 0 Å². The number of aromatic amines is 1. The Morgan fingerprint density at radius 3 is 3.14 bits per heavy atom. The van der Waals surface area contributed by atoms with Crippen LogP contribution in [-0.4, -0.2) is 22.3 Å². The SMILES string of the molecule is O=c1[nH]c(CN2CCCSc3ccccc32)nc2ccsc12. The van der Waals surface area contributed by atoms with Crippen molar-refractivity contribution >= 4 is 39.0 Å². The summed E-state index contributed by atoms with van der Waals surface area (Å²) in [6.07, 6.45) is 1.13. The number of thiophene rings is 1. The summed E-state index contributed by atoms with van der Waals surface area (Å²) in [4.78, 5) is 23.3. The molecular weight excluding hydrogens is 314 g/mol. The standard InChI is InChI=1S/C16H15N3OS2/c20-16-15-11(6-9-22-15)17-14(18-16)10-19-7-3-8-21-13-5-2-1-4-12(13)19/h1-2,4-6,9H,3,7-8,10H2,(H,17,18,20). The van der Waals surface area contributed by atoms with Crippen LogP contribution in [0.5, 0.6) is 0 Å². The average Bonchev–Trinajstić information content (AvgIpc) is 2.91. The molecule has 4 rings (SSSR count). The molecule has 1 N–H and O–H groups in total. The van der Waals surface area contributed by atoms with E-state index in [4.69, 9.17) is 0 Å². The van der Waals surface area contributed by atoms with Crippen LogP contribution in [-0.2, 0) is 6.54 Å². The normalized spacial score (nSPS) is 14.8. The number of nitrogens with zero attached hydrogens (tertiary/aromatic N) is 2. The van der Waals surface area contributed by atoms with Gasteiger partial charge in [0.2, 0.25) is 0 Å². The highest BCUT2D eigenvalue weighted by molar-refractivity contribution is 7.99. The van der Waals surface area contributed by atoms with E-state index in [2.05, 4.69) is 39.1 Å². The maximum absolute atomic E-state index is 12.1. The Hall–Kier alpha value is -1.79. The van der Waals surface area contributed by atoms with Crippen LogP contribution < -0.4 is 10.5 Å². The maximum atomic E-state index is 12.1. The van der Waals surface area contributed by atoms with Crippen molar-refractivity contribution in [1.29, 1.82) is 0 Å². The Kier molecular flexibility index (Phi) is 3.63. The van der Waals surface area contributed by atoms with E-state index < -0.39 is 0 Å². The van der Waals surface area contributed by atoms with E-state index in [1.807, 2.05) is 23.2 Å². The Labute approximate surface area is 136 Å². The van der Waals surface area contributed by atoms with Crippen molar-refractivity contribution in [2.24, 2.45) is 0 Å². The van der Waals surface area contributed by atoms with E-state index in [1.165, 1.54) is 21.9 Å². The molecule has 0 atom stereocenters. The number of rotatable bonds is 2. The van der Waals surface area contributed by atoms with Crippen LogP contribution in [0.1, 0.15) is 12.2 Å². The third-order valence-corrected chi connectivity index (χ3v) is 5.79. The van der Waals surface area contributed by atoms with Crippen LogP contribution >= 0.6 is 23.1 Å². The number of nitrogens with one attached hydrogen (secondary N) is 1. The first-order valence-electron chi connectivity index (χ1n) is 7.24. The Bertz CT molecular complexity index is 871. The van der Waals surface area contributed by atoms with Gasteiger partial charge in [-0.15, -0.1) is 23.1 Å². The van der Waals surface area contributed by atoms with Gasteiger partial charge >= 0.3 is 0 Å². The van der Waals surface area contributed by atoms with Gasteiger partial charge in [-0.2, -0.15) is 0 Å². The molecule has 3 aromatic rings. The van der Waals surface area contributed by atoms with Crippen LogP contribution in [0, 0.1) is 0 Å². The largest absolute Gasteiger partial charge is 0.363 e.